The molecule has 2 aromatic carbocycles. The number of likely N-dealkylation sites (tertiary alicyclic amines) is 1. The number of rotatable bonds is 10. The Morgan fingerprint density at radius 3 is 2.46 bits per heavy atom. The number of hydrogen-bond donors (Lipinski definition) is 4. The molecule has 2 fully saturated rings. The van der Waals surface area contributed by atoms with E-state index < -0.39 is 23.6 Å². The van der Waals surface area contributed by atoms with Crippen molar-refractivity contribution in [2.45, 2.75) is 77.1 Å². The molecule has 4 N–H and O–H groups in total. The summed E-state index contributed by atoms with van der Waals surface area (Å²) in [7, 11) is 0. The van der Waals surface area contributed by atoms with Gasteiger partial charge in [-0.3, -0.25) is 14.4 Å². The van der Waals surface area contributed by atoms with Crippen molar-refractivity contribution in [3.05, 3.63) is 48.0 Å². The summed E-state index contributed by atoms with van der Waals surface area (Å²) < 4.78 is 0. The molecule has 8 nitrogen and oxygen atoms in total. The summed E-state index contributed by atoms with van der Waals surface area (Å²) in [6.45, 7) is 6.60. The van der Waals surface area contributed by atoms with Crippen molar-refractivity contribution in [1.29, 1.82) is 0 Å². The third kappa shape index (κ3) is 7.29. The van der Waals surface area contributed by atoms with Gasteiger partial charge in [-0.2, -0.15) is 0 Å². The third-order valence-corrected chi connectivity index (χ3v) is 7.08. The Labute approximate surface area is 219 Å². The molecule has 2 aromatic rings. The predicted molar refractivity (Wildman–Crippen MR) is 144 cm³/mol. The van der Waals surface area contributed by atoms with Gasteiger partial charge in [-0.15, -0.1) is 0 Å². The first-order chi connectivity index (χ1) is 17.6. The second-order valence-electron chi connectivity index (χ2n) is 11.4. The first-order valence-electron chi connectivity index (χ1n) is 13.4. The number of hydrogen-bond acceptors (Lipinski definition) is 5. The van der Waals surface area contributed by atoms with Crippen LogP contribution in [0.1, 0.15) is 52.0 Å². The molecule has 1 aliphatic carbocycles. The molecule has 0 spiro atoms. The van der Waals surface area contributed by atoms with Gasteiger partial charge in [0.05, 0.1) is 6.10 Å². The highest BCUT2D eigenvalue weighted by Crippen LogP contribution is 2.26. The lowest BCUT2D eigenvalue weighted by molar-refractivity contribution is -0.145. The van der Waals surface area contributed by atoms with Crippen molar-refractivity contribution in [1.82, 2.24) is 20.9 Å². The van der Waals surface area contributed by atoms with E-state index in [1.54, 1.807) is 4.90 Å². The largest absolute Gasteiger partial charge is 0.390 e. The molecule has 3 unspecified atom stereocenters. The van der Waals surface area contributed by atoms with Gasteiger partial charge in [0.2, 0.25) is 17.7 Å². The summed E-state index contributed by atoms with van der Waals surface area (Å²) >= 11 is 0. The molecule has 0 aromatic heterocycles. The van der Waals surface area contributed by atoms with Crippen LogP contribution in [0.2, 0.25) is 0 Å². The van der Waals surface area contributed by atoms with E-state index in [0.717, 1.165) is 35.6 Å². The number of fused-ring (bicyclic) bond motifs is 1. The van der Waals surface area contributed by atoms with E-state index in [0.29, 0.717) is 32.0 Å². The highest BCUT2D eigenvalue weighted by atomic mass is 16.3. The Morgan fingerprint density at radius 1 is 1.03 bits per heavy atom. The van der Waals surface area contributed by atoms with Gasteiger partial charge in [0, 0.05) is 37.5 Å². The maximum atomic E-state index is 13.4. The fourth-order valence-electron chi connectivity index (χ4n) is 4.80. The summed E-state index contributed by atoms with van der Waals surface area (Å²) in [6.07, 6.45) is 3.16. The molecule has 3 atom stereocenters. The Kier molecular flexibility index (Phi) is 8.49. The van der Waals surface area contributed by atoms with Crippen LogP contribution in [0.5, 0.6) is 0 Å². The monoisotopic (exact) mass is 508 g/mol. The van der Waals surface area contributed by atoms with Gasteiger partial charge in [-0.05, 0) is 42.0 Å². The van der Waals surface area contributed by atoms with E-state index in [2.05, 4.69) is 16.0 Å². The molecule has 1 saturated carbocycles. The maximum Gasteiger partial charge on any atom is 0.243 e. The second kappa shape index (κ2) is 11.6. The second-order valence-corrected chi connectivity index (χ2v) is 11.4. The minimum atomic E-state index is -0.829. The van der Waals surface area contributed by atoms with Crippen LogP contribution in [0, 0.1) is 5.41 Å². The number of amides is 3. The van der Waals surface area contributed by atoms with Gasteiger partial charge in [0.25, 0.3) is 0 Å². The number of aliphatic hydroxyl groups is 1. The summed E-state index contributed by atoms with van der Waals surface area (Å²) in [5.41, 5.74) is 0.333. The van der Waals surface area contributed by atoms with Crippen molar-refractivity contribution < 1.29 is 19.5 Å². The predicted octanol–water partition coefficient (Wildman–Crippen LogP) is 2.13. The van der Waals surface area contributed by atoms with Crippen LogP contribution in [-0.2, 0) is 20.8 Å². The Bertz CT molecular complexity index is 1120. The van der Waals surface area contributed by atoms with Gasteiger partial charge >= 0.3 is 0 Å². The van der Waals surface area contributed by atoms with Gasteiger partial charge in [-0.1, -0.05) is 63.2 Å². The number of carbonyl (C=O) groups is 3. The van der Waals surface area contributed by atoms with E-state index in [9.17, 15) is 19.5 Å². The van der Waals surface area contributed by atoms with Crippen LogP contribution in [0.15, 0.2) is 42.5 Å². The first kappa shape index (κ1) is 27.1. The molecule has 37 heavy (non-hydrogen) atoms. The quantitative estimate of drug-likeness (QED) is 0.393. The maximum absolute atomic E-state index is 13.4. The Hall–Kier alpha value is -2.97. The fraction of sp³-hybridized carbons (Fsp3) is 0.552. The van der Waals surface area contributed by atoms with Crippen molar-refractivity contribution in [3.8, 4) is 0 Å². The minimum absolute atomic E-state index is 0.0630. The highest BCUT2D eigenvalue weighted by Gasteiger charge is 2.39. The molecular formula is C29H40N4O4. The SMILES string of the molecule is CC(C)(C)C(=O)N1CCCC1C(=O)NC(Cc1ccc2ccccc2c1)C(=O)NCC(O)CNC1CC1. The van der Waals surface area contributed by atoms with Crippen LogP contribution < -0.4 is 16.0 Å². The van der Waals surface area contributed by atoms with Crippen molar-refractivity contribution in [3.63, 3.8) is 0 Å². The number of aliphatic hydroxyl groups excluding tert-OH is 1. The van der Waals surface area contributed by atoms with Crippen molar-refractivity contribution in [2.24, 2.45) is 5.41 Å². The smallest absolute Gasteiger partial charge is 0.243 e. The lowest BCUT2D eigenvalue weighted by Gasteiger charge is -2.31. The third-order valence-electron chi connectivity index (χ3n) is 7.08. The zero-order valence-electron chi connectivity index (χ0n) is 22.1. The Balaban J connectivity index is 1.46. The normalized spacial score (nSPS) is 19.5. The molecule has 3 amide bonds. The molecule has 8 heteroatoms. The van der Waals surface area contributed by atoms with Crippen LogP contribution in [0.3, 0.4) is 0 Å². The zero-order chi connectivity index (χ0) is 26.6. The van der Waals surface area contributed by atoms with Crippen LogP contribution >= 0.6 is 0 Å². The average molecular weight is 509 g/mol. The molecule has 0 radical (unpaired) electrons. The number of benzene rings is 2. The minimum Gasteiger partial charge on any atom is -0.390 e. The zero-order valence-corrected chi connectivity index (χ0v) is 22.1. The summed E-state index contributed by atoms with van der Waals surface area (Å²) in [6, 6.07) is 13.1. The first-order valence-corrected chi connectivity index (χ1v) is 13.4. The van der Waals surface area contributed by atoms with Gasteiger partial charge in [-0.25, -0.2) is 0 Å². The topological polar surface area (TPSA) is 111 Å². The Morgan fingerprint density at radius 2 is 1.76 bits per heavy atom. The molecular weight excluding hydrogens is 468 g/mol. The summed E-state index contributed by atoms with van der Waals surface area (Å²) in [5.74, 6) is -0.724. The average Bonchev–Trinajstić information content (AvgIpc) is 3.57. The fourth-order valence-corrected chi connectivity index (χ4v) is 4.80. The van der Waals surface area contributed by atoms with Crippen LogP contribution in [0.25, 0.3) is 10.8 Å². The number of nitrogens with zero attached hydrogens (tertiary/aromatic N) is 1. The van der Waals surface area contributed by atoms with E-state index >= 15 is 0 Å². The van der Waals surface area contributed by atoms with Gasteiger partial charge < -0.3 is 26.0 Å². The number of nitrogens with one attached hydrogen (secondary N) is 3. The lowest BCUT2D eigenvalue weighted by Crippen LogP contribution is -2.55. The summed E-state index contributed by atoms with van der Waals surface area (Å²) in [4.78, 5) is 41.2. The standard InChI is InChI=1S/C29H40N4O4/c1-29(2,3)28(37)33-14-6-9-25(33)27(36)32-24(26(35)31-18-23(34)17-30-22-12-13-22)16-19-10-11-20-7-4-5-8-21(20)15-19/h4-5,7-8,10-11,15,22-25,30,34H,6,9,12-14,16-18H2,1-3H3,(H,31,35)(H,32,36). The van der Waals surface area contributed by atoms with Gasteiger partial charge in [0.1, 0.15) is 12.1 Å². The van der Waals surface area contributed by atoms with E-state index in [-0.39, 0.29) is 24.3 Å². The molecule has 2 aliphatic rings. The lowest BCUT2D eigenvalue weighted by atomic mass is 9.94. The van der Waals surface area contributed by atoms with Crippen LogP contribution in [-0.4, -0.2) is 71.6 Å². The van der Waals surface area contributed by atoms with E-state index in [1.165, 1.54) is 0 Å². The number of carbonyl (C=O) groups excluding carboxylic acids is 3. The van der Waals surface area contributed by atoms with Crippen molar-refractivity contribution >= 4 is 28.5 Å². The molecule has 4 rings (SSSR count). The van der Waals surface area contributed by atoms with E-state index in [4.69, 9.17) is 0 Å². The molecule has 200 valence electrons. The van der Waals surface area contributed by atoms with Crippen molar-refractivity contribution in [2.75, 3.05) is 19.6 Å². The molecule has 1 saturated heterocycles. The van der Waals surface area contributed by atoms with Gasteiger partial charge in [0.15, 0.2) is 0 Å². The molecule has 1 heterocycles. The van der Waals surface area contributed by atoms with Crippen LogP contribution in [0.4, 0.5) is 0 Å². The molecule has 0 bridgehead atoms. The summed E-state index contributed by atoms with van der Waals surface area (Å²) in [5, 5.41) is 21.4. The molecule has 1 aliphatic heterocycles. The highest BCUT2D eigenvalue weighted by molar-refractivity contribution is 5.93. The van der Waals surface area contributed by atoms with E-state index in [1.807, 2.05) is 63.2 Å².